The minimum atomic E-state index is -4.19. The second-order valence-corrected chi connectivity index (χ2v) is 13.5. The van der Waals surface area contributed by atoms with Gasteiger partial charge in [-0.1, -0.05) is 83.5 Å². The lowest BCUT2D eigenvalue weighted by Gasteiger charge is -2.34. The standard InChI is InChI=1S/C35H38BrN3O5S/c1-4-26(2)37-35(41)33(23-27-12-7-5-8-13-27)38(24-28-14-11-15-29(36)22-28)34(40)25-39(30-16-9-6-10-17-30)45(42,43)32-20-18-31(44-3)19-21-32/h5-22,26,33H,4,23-25H2,1-3H3,(H,37,41)/t26-,33-/m0/s1. The Morgan fingerprint density at radius 1 is 0.867 bits per heavy atom. The van der Waals surface area contributed by atoms with E-state index in [1.165, 1.54) is 24.1 Å². The van der Waals surface area contributed by atoms with E-state index in [1.807, 2.05) is 68.4 Å². The summed E-state index contributed by atoms with van der Waals surface area (Å²) in [7, 11) is -2.69. The summed E-state index contributed by atoms with van der Waals surface area (Å²) >= 11 is 3.50. The largest absolute Gasteiger partial charge is 0.497 e. The van der Waals surface area contributed by atoms with Crippen molar-refractivity contribution in [2.45, 2.75) is 50.2 Å². The normalized spacial score (nSPS) is 12.5. The average Bonchev–Trinajstić information content (AvgIpc) is 3.05. The van der Waals surface area contributed by atoms with Crippen LogP contribution in [0.15, 0.2) is 119 Å². The van der Waals surface area contributed by atoms with Gasteiger partial charge in [-0.3, -0.25) is 13.9 Å². The number of nitrogens with zero attached hydrogens (tertiary/aromatic N) is 2. The number of rotatable bonds is 14. The molecule has 0 aliphatic rings. The molecule has 0 radical (unpaired) electrons. The Morgan fingerprint density at radius 2 is 1.49 bits per heavy atom. The molecule has 2 amide bonds. The first-order chi connectivity index (χ1) is 21.6. The summed E-state index contributed by atoms with van der Waals surface area (Å²) in [5, 5.41) is 3.05. The van der Waals surface area contributed by atoms with Crippen molar-refractivity contribution in [1.82, 2.24) is 10.2 Å². The fourth-order valence-electron chi connectivity index (χ4n) is 4.82. The van der Waals surface area contributed by atoms with Gasteiger partial charge in [-0.15, -0.1) is 0 Å². The van der Waals surface area contributed by atoms with E-state index in [1.54, 1.807) is 42.5 Å². The van der Waals surface area contributed by atoms with Crippen molar-refractivity contribution in [3.63, 3.8) is 0 Å². The highest BCUT2D eigenvalue weighted by atomic mass is 79.9. The van der Waals surface area contributed by atoms with Crippen LogP contribution in [0, 0.1) is 0 Å². The Bertz CT molecular complexity index is 1670. The molecular weight excluding hydrogens is 654 g/mol. The van der Waals surface area contributed by atoms with Crippen molar-refractivity contribution >= 4 is 43.5 Å². The minimum absolute atomic E-state index is 0.00819. The summed E-state index contributed by atoms with van der Waals surface area (Å²) in [6, 6.07) is 30.5. The van der Waals surface area contributed by atoms with Crippen LogP contribution < -0.4 is 14.4 Å². The number of ether oxygens (including phenoxy) is 1. The van der Waals surface area contributed by atoms with Gasteiger partial charge in [0.2, 0.25) is 11.8 Å². The molecule has 8 nitrogen and oxygen atoms in total. The summed E-state index contributed by atoms with van der Waals surface area (Å²) in [4.78, 5) is 29.9. The number of halogens is 1. The van der Waals surface area contributed by atoms with Gasteiger partial charge < -0.3 is 15.0 Å². The summed E-state index contributed by atoms with van der Waals surface area (Å²) in [5.74, 6) is -0.315. The van der Waals surface area contributed by atoms with Gasteiger partial charge in [0.25, 0.3) is 10.0 Å². The van der Waals surface area contributed by atoms with Crippen LogP contribution >= 0.6 is 15.9 Å². The number of carbonyl (C=O) groups is 2. The molecule has 236 valence electrons. The summed E-state index contributed by atoms with van der Waals surface area (Å²) in [5.41, 5.74) is 1.99. The molecule has 45 heavy (non-hydrogen) atoms. The highest BCUT2D eigenvalue weighted by Gasteiger charge is 2.35. The van der Waals surface area contributed by atoms with Crippen molar-refractivity contribution in [2.24, 2.45) is 0 Å². The van der Waals surface area contributed by atoms with Crippen molar-refractivity contribution < 1.29 is 22.7 Å². The smallest absolute Gasteiger partial charge is 0.264 e. The van der Waals surface area contributed by atoms with Crippen LogP contribution in [0.4, 0.5) is 5.69 Å². The molecule has 0 spiro atoms. The molecule has 0 unspecified atom stereocenters. The number of nitrogens with one attached hydrogen (secondary N) is 1. The lowest BCUT2D eigenvalue weighted by atomic mass is 10.0. The van der Waals surface area contributed by atoms with E-state index in [0.717, 1.165) is 19.9 Å². The number of anilines is 1. The Hall–Kier alpha value is -4.15. The maximum absolute atomic E-state index is 14.5. The zero-order valence-corrected chi connectivity index (χ0v) is 28.0. The Balaban J connectivity index is 1.79. The van der Waals surface area contributed by atoms with Crippen LogP contribution in [0.3, 0.4) is 0 Å². The molecule has 0 bridgehead atoms. The van der Waals surface area contributed by atoms with Crippen LogP contribution in [0.25, 0.3) is 0 Å². The minimum Gasteiger partial charge on any atom is -0.497 e. The van der Waals surface area contributed by atoms with Crippen molar-refractivity contribution in [2.75, 3.05) is 18.0 Å². The number of sulfonamides is 1. The molecular formula is C35H38BrN3O5S. The van der Waals surface area contributed by atoms with E-state index in [-0.39, 0.29) is 29.8 Å². The number of hydrogen-bond acceptors (Lipinski definition) is 5. The summed E-state index contributed by atoms with van der Waals surface area (Å²) in [6.07, 6.45) is 0.963. The van der Waals surface area contributed by atoms with Gasteiger partial charge in [0.1, 0.15) is 18.3 Å². The van der Waals surface area contributed by atoms with E-state index in [4.69, 9.17) is 4.74 Å². The van der Waals surface area contributed by atoms with Gasteiger partial charge >= 0.3 is 0 Å². The van der Waals surface area contributed by atoms with E-state index in [9.17, 15) is 18.0 Å². The first kappa shape index (κ1) is 33.7. The van der Waals surface area contributed by atoms with Gasteiger partial charge in [-0.25, -0.2) is 8.42 Å². The lowest BCUT2D eigenvalue weighted by Crippen LogP contribution is -2.54. The third-order valence-corrected chi connectivity index (χ3v) is 9.77. The first-order valence-corrected chi connectivity index (χ1v) is 17.0. The molecule has 0 aliphatic heterocycles. The van der Waals surface area contributed by atoms with Gasteiger partial charge in [0, 0.05) is 23.5 Å². The maximum atomic E-state index is 14.5. The molecule has 0 aromatic heterocycles. The fraction of sp³-hybridized carbons (Fsp3) is 0.257. The number of para-hydroxylation sites is 1. The predicted octanol–water partition coefficient (Wildman–Crippen LogP) is 6.21. The molecule has 4 rings (SSSR count). The monoisotopic (exact) mass is 691 g/mol. The van der Waals surface area contributed by atoms with E-state index >= 15 is 0 Å². The highest BCUT2D eigenvalue weighted by Crippen LogP contribution is 2.26. The second-order valence-electron chi connectivity index (χ2n) is 10.7. The van der Waals surface area contributed by atoms with Gasteiger partial charge in [-0.2, -0.15) is 0 Å². The number of hydrogen-bond donors (Lipinski definition) is 1. The fourth-order valence-corrected chi connectivity index (χ4v) is 6.69. The molecule has 4 aromatic carbocycles. The van der Waals surface area contributed by atoms with Crippen LogP contribution in [-0.4, -0.2) is 50.9 Å². The van der Waals surface area contributed by atoms with E-state index < -0.39 is 28.5 Å². The van der Waals surface area contributed by atoms with Crippen molar-refractivity contribution in [1.29, 1.82) is 0 Å². The molecule has 2 atom stereocenters. The molecule has 0 saturated heterocycles. The number of amides is 2. The molecule has 0 heterocycles. The van der Waals surface area contributed by atoms with Gasteiger partial charge in [0.15, 0.2) is 0 Å². The zero-order chi connectivity index (χ0) is 32.4. The summed E-state index contributed by atoms with van der Waals surface area (Å²) < 4.78 is 35.3. The maximum Gasteiger partial charge on any atom is 0.264 e. The molecule has 0 aliphatic carbocycles. The molecule has 0 fully saturated rings. The van der Waals surface area contributed by atoms with E-state index in [0.29, 0.717) is 17.9 Å². The first-order valence-electron chi connectivity index (χ1n) is 14.7. The van der Waals surface area contributed by atoms with Crippen molar-refractivity contribution in [3.05, 3.63) is 125 Å². The number of carbonyl (C=O) groups excluding carboxylic acids is 2. The predicted molar refractivity (Wildman–Crippen MR) is 180 cm³/mol. The Labute approximate surface area is 274 Å². The highest BCUT2D eigenvalue weighted by molar-refractivity contribution is 9.10. The molecule has 0 saturated carbocycles. The zero-order valence-electron chi connectivity index (χ0n) is 25.6. The summed E-state index contributed by atoms with van der Waals surface area (Å²) in [6.45, 7) is 3.46. The number of benzene rings is 4. The quantitative estimate of drug-likeness (QED) is 0.170. The lowest BCUT2D eigenvalue weighted by molar-refractivity contribution is -0.140. The van der Waals surface area contributed by atoms with Crippen molar-refractivity contribution in [3.8, 4) is 5.75 Å². The van der Waals surface area contributed by atoms with Gasteiger partial charge in [-0.05, 0) is 73.0 Å². The van der Waals surface area contributed by atoms with Gasteiger partial charge in [0.05, 0.1) is 17.7 Å². The topological polar surface area (TPSA) is 96.0 Å². The SMILES string of the molecule is CC[C@H](C)NC(=O)[C@H](Cc1ccccc1)N(Cc1cccc(Br)c1)C(=O)CN(c1ccccc1)S(=O)(=O)c1ccc(OC)cc1. The van der Waals surface area contributed by atoms with Crippen LogP contribution in [0.1, 0.15) is 31.4 Å². The molecule has 4 aromatic rings. The number of methoxy groups -OCH3 is 1. The van der Waals surface area contributed by atoms with E-state index in [2.05, 4.69) is 21.2 Å². The Morgan fingerprint density at radius 3 is 2.09 bits per heavy atom. The third kappa shape index (κ3) is 8.95. The Kier molecular flexibility index (Phi) is 11.8. The van der Waals surface area contributed by atoms with Crippen LogP contribution in [-0.2, 0) is 32.6 Å². The van der Waals surface area contributed by atoms with Crippen LogP contribution in [0.5, 0.6) is 5.75 Å². The van der Waals surface area contributed by atoms with Crippen LogP contribution in [0.2, 0.25) is 0 Å². The second kappa shape index (κ2) is 15.7. The molecule has 1 N–H and O–H groups in total. The average molecular weight is 693 g/mol. The molecule has 10 heteroatoms. The third-order valence-electron chi connectivity index (χ3n) is 7.48.